The van der Waals surface area contributed by atoms with Crippen LogP contribution in [0.15, 0.2) is 43.1 Å². The van der Waals surface area contributed by atoms with Crippen molar-refractivity contribution < 1.29 is 5.11 Å². The van der Waals surface area contributed by atoms with Crippen LogP contribution < -0.4 is 5.32 Å². The van der Waals surface area contributed by atoms with Crippen molar-refractivity contribution in [2.45, 2.75) is 32.5 Å². The fourth-order valence-electron chi connectivity index (χ4n) is 2.32. The quantitative estimate of drug-likeness (QED) is 0.736. The predicted molar refractivity (Wildman–Crippen MR) is 90.0 cm³/mol. The summed E-state index contributed by atoms with van der Waals surface area (Å²) in [5.74, 6) is 0. The number of rotatable bonds is 8. The van der Waals surface area contributed by atoms with E-state index in [9.17, 15) is 5.11 Å². The molecule has 0 amide bonds. The van der Waals surface area contributed by atoms with Crippen molar-refractivity contribution in [3.8, 4) is 0 Å². The molecule has 1 heterocycles. The first-order valence-corrected chi connectivity index (χ1v) is 7.72. The lowest BCUT2D eigenvalue weighted by Gasteiger charge is -2.16. The molecule has 1 aromatic carbocycles. The van der Waals surface area contributed by atoms with E-state index in [-0.39, 0.29) is 12.6 Å². The van der Waals surface area contributed by atoms with Gasteiger partial charge < -0.3 is 10.4 Å². The smallest absolute Gasteiger partial charge is 0.0638 e. The minimum absolute atomic E-state index is 0.00308. The lowest BCUT2D eigenvalue weighted by atomic mass is 10.1. The summed E-state index contributed by atoms with van der Waals surface area (Å²) in [5, 5.41) is 18.1. The average Bonchev–Trinajstić information content (AvgIpc) is 2.86. The second-order valence-electron chi connectivity index (χ2n) is 5.34. The molecule has 0 spiro atoms. The van der Waals surface area contributed by atoms with Crippen molar-refractivity contribution >= 4 is 11.6 Å². The normalized spacial score (nSPS) is 12.3. The van der Waals surface area contributed by atoms with Crippen LogP contribution in [-0.4, -0.2) is 27.5 Å². The molecule has 0 fully saturated rings. The van der Waals surface area contributed by atoms with Crippen LogP contribution in [0.1, 0.15) is 16.8 Å². The van der Waals surface area contributed by atoms with Gasteiger partial charge in [0, 0.05) is 29.4 Å². The largest absolute Gasteiger partial charge is 0.395 e. The zero-order chi connectivity index (χ0) is 15.9. The number of benzene rings is 1. The molecule has 2 N–H and O–H groups in total. The second kappa shape index (κ2) is 8.13. The summed E-state index contributed by atoms with van der Waals surface area (Å²) >= 11 is 5.89. The molecule has 4 nitrogen and oxygen atoms in total. The Labute approximate surface area is 136 Å². The summed E-state index contributed by atoms with van der Waals surface area (Å²) < 4.78 is 1.87. The third kappa shape index (κ3) is 4.70. The maximum Gasteiger partial charge on any atom is 0.0638 e. The van der Waals surface area contributed by atoms with E-state index in [0.29, 0.717) is 13.1 Å². The van der Waals surface area contributed by atoms with Gasteiger partial charge in [-0.25, -0.2) is 0 Å². The van der Waals surface area contributed by atoms with Gasteiger partial charge in [0.25, 0.3) is 0 Å². The molecule has 5 heteroatoms. The molecular formula is C17H22ClN3O. The van der Waals surface area contributed by atoms with Crippen LogP contribution in [0.4, 0.5) is 0 Å². The molecule has 2 rings (SSSR count). The number of aryl methyl sites for hydroxylation is 1. The highest BCUT2D eigenvalue weighted by Crippen LogP contribution is 2.12. The summed E-state index contributed by atoms with van der Waals surface area (Å²) in [5.41, 5.74) is 3.28. The van der Waals surface area contributed by atoms with E-state index in [1.807, 2.05) is 48.1 Å². The summed E-state index contributed by atoms with van der Waals surface area (Å²) in [6, 6.07) is 7.72. The topological polar surface area (TPSA) is 50.1 Å². The lowest BCUT2D eigenvalue weighted by molar-refractivity contribution is 0.240. The van der Waals surface area contributed by atoms with Gasteiger partial charge in [0.1, 0.15) is 0 Å². The van der Waals surface area contributed by atoms with E-state index < -0.39 is 0 Å². The van der Waals surface area contributed by atoms with Crippen LogP contribution in [0.5, 0.6) is 0 Å². The minimum Gasteiger partial charge on any atom is -0.395 e. The summed E-state index contributed by atoms with van der Waals surface area (Å²) in [6.07, 6.45) is 4.59. The SMILES string of the molecule is C=CCn1cc(CNC(CO)Cc2ccc(Cl)cc2)c(C)n1. The number of halogens is 1. The van der Waals surface area contributed by atoms with E-state index in [1.165, 1.54) is 0 Å². The Morgan fingerprint density at radius 1 is 1.41 bits per heavy atom. The monoisotopic (exact) mass is 319 g/mol. The van der Waals surface area contributed by atoms with Gasteiger partial charge in [-0.1, -0.05) is 29.8 Å². The Morgan fingerprint density at radius 2 is 2.14 bits per heavy atom. The Morgan fingerprint density at radius 3 is 2.77 bits per heavy atom. The fourth-order valence-corrected chi connectivity index (χ4v) is 2.44. The molecule has 1 aromatic heterocycles. The number of nitrogens with zero attached hydrogens (tertiary/aromatic N) is 2. The molecule has 0 aliphatic carbocycles. The van der Waals surface area contributed by atoms with Crippen LogP contribution in [0.2, 0.25) is 5.02 Å². The highest BCUT2D eigenvalue weighted by molar-refractivity contribution is 6.30. The zero-order valence-electron chi connectivity index (χ0n) is 12.8. The van der Waals surface area contributed by atoms with E-state index in [4.69, 9.17) is 11.6 Å². The summed E-state index contributed by atoms with van der Waals surface area (Å²) in [4.78, 5) is 0. The highest BCUT2D eigenvalue weighted by Gasteiger charge is 2.10. The van der Waals surface area contributed by atoms with Gasteiger partial charge in [0.15, 0.2) is 0 Å². The average molecular weight is 320 g/mol. The van der Waals surface area contributed by atoms with Gasteiger partial charge in [-0.2, -0.15) is 5.10 Å². The number of hydrogen-bond acceptors (Lipinski definition) is 3. The summed E-state index contributed by atoms with van der Waals surface area (Å²) in [7, 11) is 0. The maximum atomic E-state index is 9.56. The van der Waals surface area contributed by atoms with Gasteiger partial charge in [-0.15, -0.1) is 6.58 Å². The Hall–Kier alpha value is -1.62. The predicted octanol–water partition coefficient (Wildman–Crippen LogP) is 2.72. The van der Waals surface area contributed by atoms with Crippen molar-refractivity contribution in [2.75, 3.05) is 6.61 Å². The first-order valence-electron chi connectivity index (χ1n) is 7.35. The second-order valence-corrected chi connectivity index (χ2v) is 5.78. The van der Waals surface area contributed by atoms with Gasteiger partial charge >= 0.3 is 0 Å². The van der Waals surface area contributed by atoms with Crippen LogP contribution in [0, 0.1) is 6.92 Å². The molecule has 0 saturated heterocycles. The molecule has 0 saturated carbocycles. The maximum absolute atomic E-state index is 9.56. The van der Waals surface area contributed by atoms with Crippen LogP contribution in [0.3, 0.4) is 0 Å². The molecule has 118 valence electrons. The van der Waals surface area contributed by atoms with Crippen molar-refractivity contribution in [1.82, 2.24) is 15.1 Å². The van der Waals surface area contributed by atoms with Crippen molar-refractivity contribution in [3.63, 3.8) is 0 Å². The molecule has 0 aliphatic heterocycles. The van der Waals surface area contributed by atoms with Crippen LogP contribution in [0.25, 0.3) is 0 Å². The standard InChI is InChI=1S/C17H22ClN3O/c1-3-8-21-11-15(13(2)20-21)10-19-17(12-22)9-14-4-6-16(18)7-5-14/h3-7,11,17,19,22H,1,8-10,12H2,2H3. The van der Waals surface area contributed by atoms with Gasteiger partial charge in [0.2, 0.25) is 0 Å². The van der Waals surface area contributed by atoms with Gasteiger partial charge in [0.05, 0.1) is 18.8 Å². The Bertz CT molecular complexity index is 607. The molecule has 0 aliphatic rings. The molecule has 0 radical (unpaired) electrons. The minimum atomic E-state index is 0.00308. The molecule has 1 atom stereocenters. The van der Waals surface area contributed by atoms with Crippen molar-refractivity contribution in [2.24, 2.45) is 0 Å². The first kappa shape index (κ1) is 16.7. The molecule has 1 unspecified atom stereocenters. The highest BCUT2D eigenvalue weighted by atomic mass is 35.5. The van der Waals surface area contributed by atoms with E-state index in [0.717, 1.165) is 28.3 Å². The van der Waals surface area contributed by atoms with Gasteiger partial charge in [-0.3, -0.25) is 4.68 Å². The number of aromatic nitrogens is 2. The molecule has 22 heavy (non-hydrogen) atoms. The zero-order valence-corrected chi connectivity index (χ0v) is 13.6. The number of aliphatic hydroxyl groups excluding tert-OH is 1. The number of allylic oxidation sites excluding steroid dienone is 1. The van der Waals surface area contributed by atoms with E-state index >= 15 is 0 Å². The number of nitrogens with one attached hydrogen (secondary N) is 1. The van der Waals surface area contributed by atoms with Crippen LogP contribution >= 0.6 is 11.6 Å². The fraction of sp³-hybridized carbons (Fsp3) is 0.353. The Balaban J connectivity index is 1.93. The first-order chi connectivity index (χ1) is 10.6. The van der Waals surface area contributed by atoms with Crippen molar-refractivity contribution in [1.29, 1.82) is 0 Å². The lowest BCUT2D eigenvalue weighted by Crippen LogP contribution is -2.34. The molecule has 2 aromatic rings. The third-order valence-electron chi connectivity index (χ3n) is 3.56. The van der Waals surface area contributed by atoms with E-state index in [1.54, 1.807) is 0 Å². The van der Waals surface area contributed by atoms with E-state index in [2.05, 4.69) is 17.0 Å². The van der Waals surface area contributed by atoms with Crippen molar-refractivity contribution in [3.05, 3.63) is 65.0 Å². The number of hydrogen-bond donors (Lipinski definition) is 2. The molecule has 0 bridgehead atoms. The Kier molecular flexibility index (Phi) is 6.19. The molecular weight excluding hydrogens is 298 g/mol. The van der Waals surface area contributed by atoms with Gasteiger partial charge in [-0.05, 0) is 31.0 Å². The summed E-state index contributed by atoms with van der Waals surface area (Å²) in [6.45, 7) is 7.18. The third-order valence-corrected chi connectivity index (χ3v) is 3.81. The van der Waals surface area contributed by atoms with Crippen LogP contribution in [-0.2, 0) is 19.5 Å². The number of aliphatic hydroxyl groups is 1.